The van der Waals surface area contributed by atoms with Crippen LogP contribution in [0.5, 0.6) is 5.75 Å². The third-order valence-corrected chi connectivity index (χ3v) is 4.44. The lowest BCUT2D eigenvalue weighted by atomic mass is 9.95. The smallest absolute Gasteiger partial charge is 0.258 e. The van der Waals surface area contributed by atoms with Crippen molar-refractivity contribution in [1.29, 1.82) is 0 Å². The van der Waals surface area contributed by atoms with Crippen LogP contribution in [-0.4, -0.2) is 18.6 Å². The van der Waals surface area contributed by atoms with Gasteiger partial charge in [0.1, 0.15) is 5.75 Å². The van der Waals surface area contributed by atoms with E-state index >= 15 is 0 Å². The van der Waals surface area contributed by atoms with Crippen molar-refractivity contribution in [2.75, 3.05) is 6.61 Å². The predicted molar refractivity (Wildman–Crippen MR) is 74.1 cm³/mol. The average Bonchev–Trinajstić information content (AvgIpc) is 2.99. The summed E-state index contributed by atoms with van der Waals surface area (Å²) in [5, 5.41) is 3.13. The molecule has 102 valence electrons. The summed E-state index contributed by atoms with van der Waals surface area (Å²) < 4.78 is 5.53. The highest BCUT2D eigenvalue weighted by Gasteiger charge is 2.40. The number of benzene rings is 1. The first-order valence-electron chi connectivity index (χ1n) is 7.19. The molecule has 3 heteroatoms. The zero-order chi connectivity index (χ0) is 13.2. The van der Waals surface area contributed by atoms with Crippen LogP contribution in [0.15, 0.2) is 24.3 Å². The van der Waals surface area contributed by atoms with Gasteiger partial charge in [0.25, 0.3) is 5.91 Å². The van der Waals surface area contributed by atoms with Crippen LogP contribution in [-0.2, 0) is 4.79 Å². The molecule has 2 fully saturated rings. The number of nitrogens with one attached hydrogen (secondary N) is 1. The molecule has 3 atom stereocenters. The Balaban J connectivity index is 1.47. The lowest BCUT2D eigenvalue weighted by Crippen LogP contribution is -2.40. The summed E-state index contributed by atoms with van der Waals surface area (Å²) in [6.07, 6.45) is 5.12. The summed E-state index contributed by atoms with van der Waals surface area (Å²) in [5.74, 6) is 2.35. The van der Waals surface area contributed by atoms with Gasteiger partial charge in [-0.3, -0.25) is 4.79 Å². The van der Waals surface area contributed by atoms with Gasteiger partial charge in [-0.1, -0.05) is 18.6 Å². The molecule has 1 aromatic carbocycles. The van der Waals surface area contributed by atoms with Gasteiger partial charge in [-0.15, -0.1) is 0 Å². The van der Waals surface area contributed by atoms with E-state index in [2.05, 4.69) is 5.32 Å². The first-order valence-corrected chi connectivity index (χ1v) is 7.19. The van der Waals surface area contributed by atoms with Gasteiger partial charge in [0.05, 0.1) is 0 Å². The molecule has 1 N–H and O–H groups in total. The largest absolute Gasteiger partial charge is 0.484 e. The van der Waals surface area contributed by atoms with Crippen LogP contribution in [0.1, 0.15) is 31.2 Å². The second kappa shape index (κ2) is 5.24. The first kappa shape index (κ1) is 12.5. The van der Waals surface area contributed by atoms with Crippen LogP contribution in [0.2, 0.25) is 0 Å². The molecular formula is C16H21NO2. The van der Waals surface area contributed by atoms with Crippen LogP contribution in [0.25, 0.3) is 0 Å². The second-order valence-electron chi connectivity index (χ2n) is 5.95. The third kappa shape index (κ3) is 2.91. The molecule has 2 aliphatic carbocycles. The molecular weight excluding hydrogens is 238 g/mol. The summed E-state index contributed by atoms with van der Waals surface area (Å²) in [6, 6.07) is 8.19. The maximum Gasteiger partial charge on any atom is 0.258 e. The Morgan fingerprint density at radius 1 is 1.37 bits per heavy atom. The quantitative estimate of drug-likeness (QED) is 0.902. The summed E-state index contributed by atoms with van der Waals surface area (Å²) in [4.78, 5) is 11.9. The number of carbonyl (C=O) groups excluding carboxylic acids is 1. The molecule has 2 bridgehead atoms. The van der Waals surface area contributed by atoms with Gasteiger partial charge in [0.15, 0.2) is 6.61 Å². The van der Waals surface area contributed by atoms with E-state index in [1.54, 1.807) is 0 Å². The lowest BCUT2D eigenvalue weighted by molar-refractivity contribution is -0.124. The number of hydrogen-bond acceptors (Lipinski definition) is 2. The van der Waals surface area contributed by atoms with Gasteiger partial charge in [-0.25, -0.2) is 0 Å². The van der Waals surface area contributed by atoms with E-state index in [4.69, 9.17) is 4.74 Å². The highest BCUT2D eigenvalue weighted by atomic mass is 16.5. The van der Waals surface area contributed by atoms with Crippen molar-refractivity contribution in [3.8, 4) is 5.75 Å². The Labute approximate surface area is 114 Å². The highest BCUT2D eigenvalue weighted by molar-refractivity contribution is 5.78. The van der Waals surface area contributed by atoms with Gasteiger partial charge in [-0.2, -0.15) is 0 Å². The number of hydrogen-bond donors (Lipinski definition) is 1. The number of amides is 1. The van der Waals surface area contributed by atoms with Crippen molar-refractivity contribution in [1.82, 2.24) is 5.32 Å². The Morgan fingerprint density at radius 3 is 2.95 bits per heavy atom. The van der Waals surface area contributed by atoms with Crippen LogP contribution >= 0.6 is 0 Å². The van der Waals surface area contributed by atoms with Crippen molar-refractivity contribution in [3.05, 3.63) is 29.8 Å². The maximum atomic E-state index is 11.9. The Bertz CT molecular complexity index is 472. The van der Waals surface area contributed by atoms with Crippen LogP contribution in [0.4, 0.5) is 0 Å². The van der Waals surface area contributed by atoms with E-state index in [1.807, 2.05) is 31.2 Å². The fourth-order valence-corrected chi connectivity index (χ4v) is 3.52. The summed E-state index contributed by atoms with van der Waals surface area (Å²) in [7, 11) is 0. The molecule has 0 heterocycles. The average molecular weight is 259 g/mol. The minimum absolute atomic E-state index is 0.0130. The molecule has 0 aliphatic heterocycles. The molecule has 0 spiro atoms. The van der Waals surface area contributed by atoms with Gasteiger partial charge >= 0.3 is 0 Å². The molecule has 2 aliphatic rings. The van der Waals surface area contributed by atoms with Gasteiger partial charge in [0.2, 0.25) is 0 Å². The van der Waals surface area contributed by atoms with Gasteiger partial charge in [0, 0.05) is 6.04 Å². The lowest BCUT2D eigenvalue weighted by Gasteiger charge is -2.22. The fourth-order valence-electron chi connectivity index (χ4n) is 3.52. The topological polar surface area (TPSA) is 38.3 Å². The molecule has 0 aromatic heterocycles. The van der Waals surface area contributed by atoms with Crippen LogP contribution in [0, 0.1) is 18.8 Å². The molecule has 0 radical (unpaired) electrons. The predicted octanol–water partition coefficient (Wildman–Crippen LogP) is 2.68. The van der Waals surface area contributed by atoms with Gasteiger partial charge < -0.3 is 10.1 Å². The van der Waals surface area contributed by atoms with Crippen molar-refractivity contribution >= 4 is 5.91 Å². The SMILES string of the molecule is Cc1cccc(OCC(=O)N[C@H]2C[C@H]3CC[C@@H]2C3)c1. The molecule has 0 saturated heterocycles. The molecule has 0 unspecified atom stereocenters. The number of rotatable bonds is 4. The molecule has 1 amide bonds. The van der Waals surface area contributed by atoms with Crippen molar-refractivity contribution < 1.29 is 9.53 Å². The molecule has 3 nitrogen and oxygen atoms in total. The Morgan fingerprint density at radius 2 is 2.26 bits per heavy atom. The van der Waals surface area contributed by atoms with Crippen molar-refractivity contribution in [2.24, 2.45) is 11.8 Å². The summed E-state index contributed by atoms with van der Waals surface area (Å²) in [6.45, 7) is 2.14. The molecule has 19 heavy (non-hydrogen) atoms. The Hall–Kier alpha value is -1.51. The molecule has 2 saturated carbocycles. The minimum atomic E-state index is 0.0130. The van der Waals surface area contributed by atoms with Crippen molar-refractivity contribution in [3.63, 3.8) is 0 Å². The Kier molecular flexibility index (Phi) is 3.45. The van der Waals surface area contributed by atoms with E-state index in [0.717, 1.165) is 17.2 Å². The monoisotopic (exact) mass is 259 g/mol. The fraction of sp³-hybridized carbons (Fsp3) is 0.562. The zero-order valence-corrected chi connectivity index (χ0v) is 11.4. The zero-order valence-electron chi connectivity index (χ0n) is 11.4. The molecule has 1 aromatic rings. The number of ether oxygens (including phenoxy) is 1. The minimum Gasteiger partial charge on any atom is -0.484 e. The number of fused-ring (bicyclic) bond motifs is 2. The van der Waals surface area contributed by atoms with E-state index < -0.39 is 0 Å². The van der Waals surface area contributed by atoms with Gasteiger partial charge in [-0.05, 0) is 55.7 Å². The number of aryl methyl sites for hydroxylation is 1. The summed E-state index contributed by atoms with van der Waals surface area (Å²) >= 11 is 0. The first-order chi connectivity index (χ1) is 9.20. The van der Waals surface area contributed by atoms with E-state index in [-0.39, 0.29) is 12.5 Å². The van der Waals surface area contributed by atoms with E-state index in [1.165, 1.54) is 25.7 Å². The third-order valence-electron chi connectivity index (χ3n) is 4.44. The van der Waals surface area contributed by atoms with Crippen LogP contribution < -0.4 is 10.1 Å². The maximum absolute atomic E-state index is 11.9. The summed E-state index contributed by atoms with van der Waals surface area (Å²) in [5.41, 5.74) is 1.14. The van der Waals surface area contributed by atoms with E-state index in [9.17, 15) is 4.79 Å². The highest BCUT2D eigenvalue weighted by Crippen LogP contribution is 2.44. The number of carbonyl (C=O) groups is 1. The standard InChI is InChI=1S/C16H21NO2/c1-11-3-2-4-14(7-11)19-10-16(18)17-15-9-12-5-6-13(15)8-12/h2-4,7,12-13,15H,5-6,8-10H2,1H3,(H,17,18)/t12-,13+,15-/m0/s1. The van der Waals surface area contributed by atoms with E-state index in [0.29, 0.717) is 12.0 Å². The molecule has 3 rings (SSSR count). The second-order valence-corrected chi connectivity index (χ2v) is 5.95. The van der Waals surface area contributed by atoms with Crippen LogP contribution in [0.3, 0.4) is 0 Å². The normalized spacial score (nSPS) is 28.4. The van der Waals surface area contributed by atoms with Crippen molar-refractivity contribution in [2.45, 2.75) is 38.6 Å².